The third-order valence-electron chi connectivity index (χ3n) is 4.29. The van der Waals surface area contributed by atoms with E-state index in [1.807, 2.05) is 36.4 Å². The van der Waals surface area contributed by atoms with Crippen LogP contribution in [0.1, 0.15) is 16.7 Å². The van der Waals surface area contributed by atoms with E-state index in [-0.39, 0.29) is 11.5 Å². The molecule has 132 valence electrons. The van der Waals surface area contributed by atoms with Crippen LogP contribution >= 0.6 is 0 Å². The Hall–Kier alpha value is -3.79. The Kier molecular flexibility index (Phi) is 4.22. The first-order valence-corrected chi connectivity index (χ1v) is 8.44. The lowest BCUT2D eigenvalue weighted by Crippen LogP contribution is -1.98. The molecule has 27 heavy (non-hydrogen) atoms. The highest BCUT2D eigenvalue weighted by atomic mass is 16.5. The zero-order valence-corrected chi connectivity index (χ0v) is 14.3. The molecule has 0 saturated carbocycles. The average molecular weight is 356 g/mol. The summed E-state index contributed by atoms with van der Waals surface area (Å²) in [7, 11) is 0. The third kappa shape index (κ3) is 3.33. The van der Waals surface area contributed by atoms with Crippen LogP contribution in [0.2, 0.25) is 0 Å². The first-order valence-electron chi connectivity index (χ1n) is 8.44. The second-order valence-electron chi connectivity index (χ2n) is 6.16. The van der Waals surface area contributed by atoms with Crippen LogP contribution in [-0.4, -0.2) is 16.2 Å². The van der Waals surface area contributed by atoms with Crippen molar-refractivity contribution in [2.24, 2.45) is 0 Å². The van der Waals surface area contributed by atoms with Gasteiger partial charge in [0.15, 0.2) is 0 Å². The summed E-state index contributed by atoms with van der Waals surface area (Å²) in [5.74, 6) is 0.238. The summed E-state index contributed by atoms with van der Waals surface area (Å²) in [6.45, 7) is 0. The lowest BCUT2D eigenvalue weighted by molar-refractivity contribution is -0.131. The molecular weight excluding hydrogens is 340 g/mol. The molecule has 0 unspecified atom stereocenters. The zero-order chi connectivity index (χ0) is 18.8. The molecule has 0 atom stereocenters. The van der Waals surface area contributed by atoms with E-state index in [0.29, 0.717) is 22.5 Å². The van der Waals surface area contributed by atoms with E-state index in [0.717, 1.165) is 11.1 Å². The fourth-order valence-corrected chi connectivity index (χ4v) is 3.08. The second-order valence-corrected chi connectivity index (χ2v) is 6.16. The summed E-state index contributed by atoms with van der Waals surface area (Å²) in [5, 5.41) is 19.3. The van der Waals surface area contributed by atoms with E-state index in [1.165, 1.54) is 0 Å². The third-order valence-corrected chi connectivity index (χ3v) is 4.29. The van der Waals surface area contributed by atoms with Crippen molar-refractivity contribution in [1.82, 2.24) is 0 Å². The number of benzene rings is 3. The normalized spacial score (nSPS) is 15.3. The van der Waals surface area contributed by atoms with Crippen molar-refractivity contribution >= 4 is 23.2 Å². The van der Waals surface area contributed by atoms with E-state index in [4.69, 9.17) is 4.74 Å². The summed E-state index contributed by atoms with van der Waals surface area (Å²) < 4.78 is 5.57. The topological polar surface area (TPSA) is 66.8 Å². The minimum absolute atomic E-state index is 0.132. The smallest absolute Gasteiger partial charge is 0.344 e. The summed E-state index contributed by atoms with van der Waals surface area (Å²) in [4.78, 5) is 12.7. The molecule has 0 saturated heterocycles. The van der Waals surface area contributed by atoms with Crippen LogP contribution in [0.4, 0.5) is 0 Å². The van der Waals surface area contributed by atoms with Crippen LogP contribution < -0.4 is 0 Å². The molecule has 4 rings (SSSR count). The van der Waals surface area contributed by atoms with Crippen LogP contribution in [0.25, 0.3) is 17.2 Å². The maximum Gasteiger partial charge on any atom is 0.344 e. The number of hydrogen-bond donors (Lipinski definition) is 2. The van der Waals surface area contributed by atoms with E-state index in [1.54, 1.807) is 48.5 Å². The molecule has 0 aliphatic carbocycles. The number of esters is 1. The number of hydrogen-bond acceptors (Lipinski definition) is 4. The van der Waals surface area contributed by atoms with Gasteiger partial charge in [0.25, 0.3) is 0 Å². The Morgan fingerprint density at radius 3 is 2.11 bits per heavy atom. The second kappa shape index (κ2) is 6.84. The Balaban J connectivity index is 1.93. The van der Waals surface area contributed by atoms with Gasteiger partial charge in [0, 0.05) is 5.57 Å². The maximum absolute atomic E-state index is 12.7. The van der Waals surface area contributed by atoms with Gasteiger partial charge in [-0.15, -0.1) is 0 Å². The molecular formula is C23H16O4. The molecule has 4 nitrogen and oxygen atoms in total. The van der Waals surface area contributed by atoms with Crippen molar-refractivity contribution in [3.63, 3.8) is 0 Å². The van der Waals surface area contributed by atoms with Crippen LogP contribution in [0.3, 0.4) is 0 Å². The molecule has 0 amide bonds. The Morgan fingerprint density at radius 2 is 1.41 bits per heavy atom. The van der Waals surface area contributed by atoms with Gasteiger partial charge in [-0.1, -0.05) is 54.6 Å². The number of carbonyl (C=O) groups excluding carboxylic acids is 1. The van der Waals surface area contributed by atoms with Crippen molar-refractivity contribution in [2.75, 3.05) is 0 Å². The Labute approximate surface area is 156 Å². The van der Waals surface area contributed by atoms with Gasteiger partial charge in [-0.2, -0.15) is 0 Å². The van der Waals surface area contributed by atoms with Gasteiger partial charge in [-0.25, -0.2) is 4.79 Å². The fraction of sp³-hybridized carbons (Fsp3) is 0. The van der Waals surface area contributed by atoms with E-state index >= 15 is 0 Å². The van der Waals surface area contributed by atoms with Crippen LogP contribution in [0, 0.1) is 0 Å². The van der Waals surface area contributed by atoms with Crippen LogP contribution in [0.15, 0.2) is 84.6 Å². The van der Waals surface area contributed by atoms with Gasteiger partial charge in [0.2, 0.25) is 0 Å². The quantitative estimate of drug-likeness (QED) is 0.673. The number of ether oxygens (including phenoxy) is 1. The molecule has 1 aliphatic heterocycles. The number of rotatable bonds is 3. The lowest BCUT2D eigenvalue weighted by Gasteiger charge is -2.07. The van der Waals surface area contributed by atoms with Crippen molar-refractivity contribution < 1.29 is 19.7 Å². The highest BCUT2D eigenvalue weighted by molar-refractivity contribution is 6.30. The predicted octanol–water partition coefficient (Wildman–Crippen LogP) is 4.61. The van der Waals surface area contributed by atoms with E-state index in [2.05, 4.69) is 0 Å². The molecule has 3 aromatic rings. The Morgan fingerprint density at radius 1 is 0.704 bits per heavy atom. The van der Waals surface area contributed by atoms with Crippen molar-refractivity contribution in [2.45, 2.75) is 0 Å². The SMILES string of the molecule is O=C1O/C(=C\c2cccc(O)c2)C(c2ccc(O)cc2)=C1c1ccccc1. The number of carbonyl (C=O) groups is 1. The first kappa shape index (κ1) is 16.7. The molecule has 0 fully saturated rings. The minimum atomic E-state index is -0.435. The van der Waals surface area contributed by atoms with Gasteiger partial charge < -0.3 is 14.9 Å². The molecule has 1 heterocycles. The van der Waals surface area contributed by atoms with Crippen molar-refractivity contribution in [3.8, 4) is 11.5 Å². The molecule has 0 bridgehead atoms. The summed E-state index contributed by atoms with van der Waals surface area (Å²) in [6, 6.07) is 22.6. The van der Waals surface area contributed by atoms with Crippen LogP contribution in [-0.2, 0) is 9.53 Å². The van der Waals surface area contributed by atoms with Gasteiger partial charge in [0.05, 0.1) is 5.57 Å². The number of cyclic esters (lactones) is 1. The van der Waals surface area contributed by atoms with E-state index in [9.17, 15) is 15.0 Å². The molecule has 2 N–H and O–H groups in total. The molecule has 3 aromatic carbocycles. The molecule has 0 radical (unpaired) electrons. The number of aromatic hydroxyl groups is 2. The van der Waals surface area contributed by atoms with Gasteiger partial charge in [-0.05, 0) is 47.0 Å². The summed E-state index contributed by atoms with van der Waals surface area (Å²) >= 11 is 0. The molecule has 0 spiro atoms. The fourth-order valence-electron chi connectivity index (χ4n) is 3.08. The first-order chi connectivity index (χ1) is 13.1. The van der Waals surface area contributed by atoms with Crippen molar-refractivity contribution in [1.29, 1.82) is 0 Å². The number of allylic oxidation sites excluding steroid dienone is 1. The highest BCUT2D eigenvalue weighted by Gasteiger charge is 2.31. The van der Waals surface area contributed by atoms with E-state index < -0.39 is 5.97 Å². The van der Waals surface area contributed by atoms with Crippen LogP contribution in [0.5, 0.6) is 11.5 Å². The molecule has 0 aromatic heterocycles. The number of phenolic OH excluding ortho intramolecular Hbond substituents is 2. The maximum atomic E-state index is 12.7. The van der Waals surface area contributed by atoms with Crippen molar-refractivity contribution in [3.05, 3.63) is 101 Å². The minimum Gasteiger partial charge on any atom is -0.508 e. The zero-order valence-electron chi connectivity index (χ0n) is 14.3. The predicted molar refractivity (Wildman–Crippen MR) is 104 cm³/mol. The molecule has 1 aliphatic rings. The summed E-state index contributed by atoms with van der Waals surface area (Å²) in [6.07, 6.45) is 1.72. The molecule has 4 heteroatoms. The standard InChI is InChI=1S/C23H16O4/c24-18-11-9-17(10-12-18)21-20(14-15-5-4-8-19(25)13-15)27-23(26)22(21)16-6-2-1-3-7-16/h1-14,24-25H/b20-14-. The monoisotopic (exact) mass is 356 g/mol. The average Bonchev–Trinajstić information content (AvgIpc) is 2.99. The van der Waals surface area contributed by atoms with Gasteiger partial charge in [0.1, 0.15) is 17.3 Å². The number of phenols is 2. The van der Waals surface area contributed by atoms with Gasteiger partial charge in [-0.3, -0.25) is 0 Å². The highest BCUT2D eigenvalue weighted by Crippen LogP contribution is 2.41. The lowest BCUT2D eigenvalue weighted by atomic mass is 9.94. The summed E-state index contributed by atoms with van der Waals surface area (Å²) in [5.41, 5.74) is 3.33. The Bertz CT molecular complexity index is 1060. The van der Waals surface area contributed by atoms with Gasteiger partial charge >= 0.3 is 5.97 Å². The largest absolute Gasteiger partial charge is 0.508 e.